The van der Waals surface area contributed by atoms with Crippen LogP contribution in [0.2, 0.25) is 0 Å². The summed E-state index contributed by atoms with van der Waals surface area (Å²) in [6.45, 7) is 4.43. The molecule has 0 fully saturated rings. The van der Waals surface area contributed by atoms with E-state index < -0.39 is 6.10 Å². The minimum atomic E-state index is -0.428. The molecule has 1 atom stereocenters. The van der Waals surface area contributed by atoms with Crippen molar-refractivity contribution in [2.24, 2.45) is 0 Å². The highest BCUT2D eigenvalue weighted by atomic mass is 32.2. The first kappa shape index (κ1) is 17.8. The third-order valence-electron chi connectivity index (χ3n) is 3.85. The molecule has 0 unspecified atom stereocenters. The highest BCUT2D eigenvalue weighted by Crippen LogP contribution is 2.35. The van der Waals surface area contributed by atoms with Crippen molar-refractivity contribution in [3.63, 3.8) is 0 Å². The van der Waals surface area contributed by atoms with Crippen LogP contribution in [0.1, 0.15) is 50.7 Å². The number of thioether (sulfide) groups is 1. The third-order valence-corrected chi connectivity index (χ3v) is 5.00. The SMILES string of the molecule is CC1=C(c2ccc(CNC(=O)CC[C@H](C)O)cc2)SC=CCC1. The van der Waals surface area contributed by atoms with Gasteiger partial charge in [0.2, 0.25) is 5.91 Å². The van der Waals surface area contributed by atoms with E-state index in [2.05, 4.69) is 48.0 Å². The maximum Gasteiger partial charge on any atom is 0.220 e. The maximum absolute atomic E-state index is 11.7. The Bertz CT molecular complexity index is 588. The van der Waals surface area contributed by atoms with Gasteiger partial charge in [0.05, 0.1) is 6.10 Å². The van der Waals surface area contributed by atoms with Crippen molar-refractivity contribution in [1.29, 1.82) is 0 Å². The van der Waals surface area contributed by atoms with Crippen LogP contribution in [0.5, 0.6) is 0 Å². The van der Waals surface area contributed by atoms with Gasteiger partial charge in [-0.1, -0.05) is 47.7 Å². The van der Waals surface area contributed by atoms with Gasteiger partial charge in [-0.05, 0) is 49.6 Å². The Labute approximate surface area is 142 Å². The minimum Gasteiger partial charge on any atom is -0.393 e. The van der Waals surface area contributed by atoms with E-state index in [1.165, 1.54) is 16.0 Å². The van der Waals surface area contributed by atoms with Crippen LogP contribution in [0.3, 0.4) is 0 Å². The summed E-state index contributed by atoms with van der Waals surface area (Å²) in [4.78, 5) is 13.0. The molecular weight excluding hydrogens is 306 g/mol. The van der Waals surface area contributed by atoms with E-state index in [0.717, 1.165) is 18.4 Å². The predicted octanol–water partition coefficient (Wildman–Crippen LogP) is 4.24. The molecule has 1 aromatic rings. The number of allylic oxidation sites excluding steroid dienone is 2. The van der Waals surface area contributed by atoms with Crippen molar-refractivity contribution in [2.45, 2.75) is 52.2 Å². The number of nitrogens with one attached hydrogen (secondary N) is 1. The Morgan fingerprint density at radius 2 is 2.09 bits per heavy atom. The van der Waals surface area contributed by atoms with Crippen molar-refractivity contribution < 1.29 is 9.90 Å². The largest absolute Gasteiger partial charge is 0.393 e. The van der Waals surface area contributed by atoms with E-state index in [1.54, 1.807) is 18.7 Å². The smallest absolute Gasteiger partial charge is 0.220 e. The molecule has 3 nitrogen and oxygen atoms in total. The molecule has 2 rings (SSSR count). The maximum atomic E-state index is 11.7. The summed E-state index contributed by atoms with van der Waals surface area (Å²) in [6, 6.07) is 8.39. The van der Waals surface area contributed by atoms with E-state index in [-0.39, 0.29) is 5.91 Å². The van der Waals surface area contributed by atoms with Gasteiger partial charge in [-0.25, -0.2) is 0 Å². The molecule has 4 heteroatoms. The Morgan fingerprint density at radius 3 is 2.78 bits per heavy atom. The monoisotopic (exact) mass is 331 g/mol. The average Bonchev–Trinajstić information content (AvgIpc) is 2.76. The van der Waals surface area contributed by atoms with Gasteiger partial charge in [0.25, 0.3) is 0 Å². The first-order chi connectivity index (χ1) is 11.1. The number of aliphatic hydroxyl groups is 1. The molecule has 1 aliphatic heterocycles. The van der Waals surface area contributed by atoms with E-state index in [4.69, 9.17) is 0 Å². The summed E-state index contributed by atoms with van der Waals surface area (Å²) in [5.74, 6) is -0.0157. The lowest BCUT2D eigenvalue weighted by Crippen LogP contribution is -2.23. The Kier molecular flexibility index (Phi) is 6.93. The molecule has 23 heavy (non-hydrogen) atoms. The van der Waals surface area contributed by atoms with Gasteiger partial charge >= 0.3 is 0 Å². The lowest BCUT2D eigenvalue weighted by Gasteiger charge is -2.10. The van der Waals surface area contributed by atoms with Crippen molar-refractivity contribution in [3.05, 3.63) is 52.4 Å². The van der Waals surface area contributed by atoms with Crippen LogP contribution in [0.25, 0.3) is 4.91 Å². The average molecular weight is 331 g/mol. The van der Waals surface area contributed by atoms with Crippen LogP contribution in [-0.4, -0.2) is 17.1 Å². The molecule has 124 valence electrons. The number of carbonyl (C=O) groups excluding carboxylic acids is 1. The van der Waals surface area contributed by atoms with E-state index >= 15 is 0 Å². The van der Waals surface area contributed by atoms with Crippen LogP contribution >= 0.6 is 11.8 Å². The van der Waals surface area contributed by atoms with E-state index in [0.29, 0.717) is 19.4 Å². The lowest BCUT2D eigenvalue weighted by molar-refractivity contribution is -0.121. The molecule has 0 saturated carbocycles. The molecule has 1 aliphatic rings. The summed E-state index contributed by atoms with van der Waals surface area (Å²) in [5.41, 5.74) is 3.76. The second kappa shape index (κ2) is 8.94. The van der Waals surface area contributed by atoms with Gasteiger partial charge in [-0.15, -0.1) is 0 Å². The van der Waals surface area contributed by atoms with E-state index in [1.807, 2.05) is 0 Å². The summed E-state index contributed by atoms with van der Waals surface area (Å²) in [6.07, 6.45) is 4.88. The highest BCUT2D eigenvalue weighted by molar-refractivity contribution is 8.11. The normalized spacial score (nSPS) is 16.1. The number of rotatable bonds is 6. The zero-order valence-corrected chi connectivity index (χ0v) is 14.7. The Morgan fingerprint density at radius 1 is 1.35 bits per heavy atom. The van der Waals surface area contributed by atoms with Gasteiger partial charge in [0.15, 0.2) is 0 Å². The Hall–Kier alpha value is -1.52. The number of aliphatic hydroxyl groups excluding tert-OH is 1. The van der Waals surface area contributed by atoms with Crippen LogP contribution < -0.4 is 5.32 Å². The van der Waals surface area contributed by atoms with Gasteiger partial charge < -0.3 is 10.4 Å². The summed E-state index contributed by atoms with van der Waals surface area (Å²) < 4.78 is 0. The number of hydrogen-bond acceptors (Lipinski definition) is 3. The van der Waals surface area contributed by atoms with Crippen molar-refractivity contribution in [1.82, 2.24) is 5.32 Å². The molecule has 0 saturated heterocycles. The van der Waals surface area contributed by atoms with Crippen molar-refractivity contribution >= 4 is 22.6 Å². The fourth-order valence-corrected chi connectivity index (χ4v) is 3.36. The second-order valence-corrected chi connectivity index (χ2v) is 6.92. The Balaban J connectivity index is 1.92. The molecule has 0 radical (unpaired) electrons. The number of benzene rings is 1. The molecule has 1 heterocycles. The summed E-state index contributed by atoms with van der Waals surface area (Å²) in [5, 5.41) is 14.3. The van der Waals surface area contributed by atoms with Crippen LogP contribution in [0, 0.1) is 0 Å². The van der Waals surface area contributed by atoms with Gasteiger partial charge in [0.1, 0.15) is 0 Å². The standard InChI is InChI=1S/C19H25NO2S/c1-14-5-3-4-12-23-19(14)17-9-7-16(8-10-17)13-20-18(22)11-6-15(2)21/h4,7-10,12,15,21H,3,5-6,11,13H2,1-2H3,(H,20,22)/t15-/m0/s1. The highest BCUT2D eigenvalue weighted by Gasteiger charge is 2.09. The molecule has 0 bridgehead atoms. The molecular formula is C19H25NO2S. The zero-order chi connectivity index (χ0) is 16.7. The molecule has 0 aliphatic carbocycles. The molecule has 0 spiro atoms. The fraction of sp³-hybridized carbons (Fsp3) is 0.421. The van der Waals surface area contributed by atoms with Crippen molar-refractivity contribution in [2.75, 3.05) is 0 Å². The third kappa shape index (κ3) is 5.88. The van der Waals surface area contributed by atoms with Gasteiger partial charge in [-0.2, -0.15) is 0 Å². The minimum absolute atomic E-state index is 0.0157. The molecule has 0 aromatic heterocycles. The first-order valence-corrected chi connectivity index (χ1v) is 8.99. The van der Waals surface area contributed by atoms with Crippen molar-refractivity contribution in [3.8, 4) is 0 Å². The fourth-order valence-electron chi connectivity index (χ4n) is 2.42. The molecule has 2 N–H and O–H groups in total. The van der Waals surface area contributed by atoms with E-state index in [9.17, 15) is 9.90 Å². The summed E-state index contributed by atoms with van der Waals surface area (Å²) in [7, 11) is 0. The topological polar surface area (TPSA) is 49.3 Å². The van der Waals surface area contributed by atoms with Crippen LogP contribution in [-0.2, 0) is 11.3 Å². The predicted molar refractivity (Wildman–Crippen MR) is 97.8 cm³/mol. The lowest BCUT2D eigenvalue weighted by atomic mass is 10.1. The van der Waals surface area contributed by atoms with Gasteiger partial charge in [-0.3, -0.25) is 4.79 Å². The number of hydrogen-bond donors (Lipinski definition) is 2. The number of amides is 1. The first-order valence-electron chi connectivity index (χ1n) is 8.11. The summed E-state index contributed by atoms with van der Waals surface area (Å²) >= 11 is 1.78. The molecule has 1 amide bonds. The number of carbonyl (C=O) groups is 1. The quantitative estimate of drug-likeness (QED) is 0.820. The second-order valence-electron chi connectivity index (χ2n) is 6.00. The molecule has 1 aromatic carbocycles. The van der Waals surface area contributed by atoms with Crippen LogP contribution in [0.4, 0.5) is 0 Å². The van der Waals surface area contributed by atoms with Crippen LogP contribution in [0.15, 0.2) is 41.3 Å². The zero-order valence-electron chi connectivity index (χ0n) is 13.8. The van der Waals surface area contributed by atoms with Gasteiger partial charge in [0, 0.05) is 17.9 Å².